The van der Waals surface area contributed by atoms with E-state index < -0.39 is 0 Å². The smallest absolute Gasteiger partial charge is 0.0843 e. The van der Waals surface area contributed by atoms with Crippen molar-refractivity contribution < 1.29 is 0 Å². The fourth-order valence-corrected chi connectivity index (χ4v) is 1.48. The molecule has 0 saturated carbocycles. The molecular formula is C9H8Cl2N2. The van der Waals surface area contributed by atoms with Crippen molar-refractivity contribution >= 4 is 23.2 Å². The average Bonchev–Trinajstić information content (AvgIpc) is 2.10. The van der Waals surface area contributed by atoms with Crippen molar-refractivity contribution in [2.24, 2.45) is 0 Å². The number of rotatable bonds is 3. The third kappa shape index (κ3) is 2.89. The maximum atomic E-state index is 8.30. The highest BCUT2D eigenvalue weighted by molar-refractivity contribution is 6.35. The van der Waals surface area contributed by atoms with Gasteiger partial charge in [0.15, 0.2) is 0 Å². The summed E-state index contributed by atoms with van der Waals surface area (Å²) in [6.45, 7) is 0.813. The molecule has 2 nitrogen and oxygen atoms in total. The quantitative estimate of drug-likeness (QED) is 0.621. The second kappa shape index (κ2) is 5.08. The molecule has 0 aromatic heterocycles. The first-order valence-corrected chi connectivity index (χ1v) is 4.52. The average molecular weight is 215 g/mol. The first-order valence-electron chi connectivity index (χ1n) is 3.76. The van der Waals surface area contributed by atoms with Gasteiger partial charge in [-0.1, -0.05) is 29.3 Å². The third-order valence-corrected chi connectivity index (χ3v) is 2.28. The number of halogens is 2. The van der Waals surface area contributed by atoms with E-state index in [1.54, 1.807) is 18.2 Å². The summed E-state index contributed by atoms with van der Waals surface area (Å²) in [4.78, 5) is 0. The molecule has 0 aliphatic heterocycles. The minimum atomic E-state index is 0.293. The Labute approximate surface area is 87.1 Å². The SMILES string of the molecule is N#CCNCc1c(Cl)cccc1Cl. The maximum Gasteiger partial charge on any atom is 0.0843 e. The van der Waals surface area contributed by atoms with E-state index in [1.807, 2.05) is 6.07 Å². The van der Waals surface area contributed by atoms with Crippen molar-refractivity contribution in [2.45, 2.75) is 6.54 Å². The molecule has 0 aliphatic rings. The molecule has 0 aliphatic carbocycles. The molecule has 0 spiro atoms. The van der Waals surface area contributed by atoms with Crippen molar-refractivity contribution in [1.29, 1.82) is 5.26 Å². The normalized spacial score (nSPS) is 9.62. The molecule has 0 saturated heterocycles. The van der Waals surface area contributed by atoms with Gasteiger partial charge in [-0.05, 0) is 12.1 Å². The van der Waals surface area contributed by atoms with E-state index in [2.05, 4.69) is 5.32 Å². The largest absolute Gasteiger partial charge is 0.300 e. The Morgan fingerprint density at radius 1 is 1.31 bits per heavy atom. The highest BCUT2D eigenvalue weighted by Crippen LogP contribution is 2.23. The number of benzene rings is 1. The summed E-state index contributed by atoms with van der Waals surface area (Å²) >= 11 is 11.8. The summed E-state index contributed by atoms with van der Waals surface area (Å²) in [5.41, 5.74) is 0.834. The van der Waals surface area contributed by atoms with Crippen LogP contribution >= 0.6 is 23.2 Å². The second-order valence-corrected chi connectivity index (χ2v) is 3.28. The van der Waals surface area contributed by atoms with Gasteiger partial charge in [-0.2, -0.15) is 5.26 Å². The molecule has 1 aromatic carbocycles. The van der Waals surface area contributed by atoms with E-state index >= 15 is 0 Å². The molecule has 1 aromatic rings. The summed E-state index contributed by atoms with van der Waals surface area (Å²) in [7, 11) is 0. The highest BCUT2D eigenvalue weighted by Gasteiger charge is 2.03. The van der Waals surface area contributed by atoms with Crippen LogP contribution in [-0.2, 0) is 6.54 Å². The zero-order valence-corrected chi connectivity index (χ0v) is 8.36. The Hall–Kier alpha value is -0.750. The lowest BCUT2D eigenvalue weighted by molar-refractivity contribution is 0.766. The van der Waals surface area contributed by atoms with Gasteiger partial charge < -0.3 is 5.32 Å². The van der Waals surface area contributed by atoms with E-state index in [4.69, 9.17) is 28.5 Å². The van der Waals surface area contributed by atoms with Crippen molar-refractivity contribution in [3.63, 3.8) is 0 Å². The fraction of sp³-hybridized carbons (Fsp3) is 0.222. The summed E-state index contributed by atoms with van der Waals surface area (Å²) in [5, 5.41) is 12.5. The molecule has 0 fully saturated rings. The van der Waals surface area contributed by atoms with Gasteiger partial charge in [0.25, 0.3) is 0 Å². The van der Waals surface area contributed by atoms with Crippen molar-refractivity contribution in [3.8, 4) is 6.07 Å². The Balaban J connectivity index is 2.71. The zero-order valence-electron chi connectivity index (χ0n) is 6.85. The fourth-order valence-electron chi connectivity index (χ4n) is 0.945. The van der Waals surface area contributed by atoms with Crippen molar-refractivity contribution in [2.75, 3.05) is 6.54 Å². The van der Waals surface area contributed by atoms with Gasteiger partial charge in [0.05, 0.1) is 12.6 Å². The zero-order chi connectivity index (χ0) is 9.68. The minimum absolute atomic E-state index is 0.293. The third-order valence-electron chi connectivity index (χ3n) is 1.57. The lowest BCUT2D eigenvalue weighted by atomic mass is 10.2. The Morgan fingerprint density at radius 3 is 2.46 bits per heavy atom. The predicted octanol–water partition coefficient (Wildman–Crippen LogP) is 2.61. The van der Waals surface area contributed by atoms with Crippen molar-refractivity contribution in [1.82, 2.24) is 5.32 Å². The monoisotopic (exact) mass is 214 g/mol. The molecule has 1 rings (SSSR count). The van der Waals surface area contributed by atoms with Gasteiger partial charge in [-0.3, -0.25) is 0 Å². The van der Waals surface area contributed by atoms with E-state index in [1.165, 1.54) is 0 Å². The molecule has 0 bridgehead atoms. The Kier molecular flexibility index (Phi) is 4.04. The van der Waals surface area contributed by atoms with Gasteiger partial charge in [0.1, 0.15) is 0 Å². The predicted molar refractivity (Wildman–Crippen MR) is 53.8 cm³/mol. The van der Waals surface area contributed by atoms with E-state index in [0.29, 0.717) is 23.1 Å². The maximum absolute atomic E-state index is 8.30. The van der Waals surface area contributed by atoms with Crippen LogP contribution in [0.25, 0.3) is 0 Å². The van der Waals surface area contributed by atoms with Gasteiger partial charge in [-0.25, -0.2) is 0 Å². The standard InChI is InChI=1S/C9H8Cl2N2/c10-8-2-1-3-9(11)7(8)6-13-5-4-12/h1-3,13H,5-6H2. The first kappa shape index (κ1) is 10.3. The van der Waals surface area contributed by atoms with Crippen LogP contribution in [0.4, 0.5) is 0 Å². The van der Waals surface area contributed by atoms with Crippen LogP contribution < -0.4 is 5.32 Å². The number of nitrogens with one attached hydrogen (secondary N) is 1. The van der Waals surface area contributed by atoms with Crippen molar-refractivity contribution in [3.05, 3.63) is 33.8 Å². The number of hydrogen-bond donors (Lipinski definition) is 1. The van der Waals surface area contributed by atoms with Crippen LogP contribution in [0.5, 0.6) is 0 Å². The van der Waals surface area contributed by atoms with Crippen LogP contribution in [0.1, 0.15) is 5.56 Å². The van der Waals surface area contributed by atoms with Gasteiger partial charge in [0, 0.05) is 22.2 Å². The van der Waals surface area contributed by atoms with Crippen LogP contribution in [-0.4, -0.2) is 6.54 Å². The van der Waals surface area contributed by atoms with Crippen LogP contribution in [0.15, 0.2) is 18.2 Å². The second-order valence-electron chi connectivity index (χ2n) is 2.46. The summed E-state index contributed by atoms with van der Waals surface area (Å²) in [6.07, 6.45) is 0. The molecule has 0 heterocycles. The molecular weight excluding hydrogens is 207 g/mol. The summed E-state index contributed by atoms with van der Waals surface area (Å²) < 4.78 is 0. The summed E-state index contributed by atoms with van der Waals surface area (Å²) in [6, 6.07) is 7.32. The lowest BCUT2D eigenvalue weighted by Gasteiger charge is -2.05. The number of nitrogens with zero attached hydrogens (tertiary/aromatic N) is 1. The molecule has 68 valence electrons. The number of nitriles is 1. The van der Waals surface area contributed by atoms with Crippen LogP contribution in [0.3, 0.4) is 0 Å². The van der Waals surface area contributed by atoms with E-state index in [-0.39, 0.29) is 0 Å². The van der Waals surface area contributed by atoms with Gasteiger partial charge in [-0.15, -0.1) is 0 Å². The Bertz CT molecular complexity index is 311. The molecule has 4 heteroatoms. The van der Waals surface area contributed by atoms with Gasteiger partial charge in [0.2, 0.25) is 0 Å². The molecule has 0 atom stereocenters. The molecule has 13 heavy (non-hydrogen) atoms. The molecule has 0 radical (unpaired) electrons. The minimum Gasteiger partial charge on any atom is -0.300 e. The molecule has 0 amide bonds. The first-order chi connectivity index (χ1) is 6.25. The molecule has 0 unspecified atom stereocenters. The molecule has 1 N–H and O–H groups in total. The highest BCUT2D eigenvalue weighted by atomic mass is 35.5. The Morgan fingerprint density at radius 2 is 1.92 bits per heavy atom. The number of hydrogen-bond acceptors (Lipinski definition) is 2. The lowest BCUT2D eigenvalue weighted by Crippen LogP contribution is -2.13. The topological polar surface area (TPSA) is 35.8 Å². The van der Waals surface area contributed by atoms with E-state index in [0.717, 1.165) is 5.56 Å². The van der Waals surface area contributed by atoms with Crippen LogP contribution in [0.2, 0.25) is 10.0 Å². The van der Waals surface area contributed by atoms with Crippen LogP contribution in [0, 0.1) is 11.3 Å². The summed E-state index contributed by atoms with van der Waals surface area (Å²) in [5.74, 6) is 0. The van der Waals surface area contributed by atoms with Gasteiger partial charge >= 0.3 is 0 Å². The van der Waals surface area contributed by atoms with E-state index in [9.17, 15) is 0 Å².